The largest absolute Gasteiger partial charge is 0.418 e. The van der Waals surface area contributed by atoms with E-state index in [1.165, 1.54) is 6.07 Å². The molecule has 37 heavy (non-hydrogen) atoms. The molecule has 0 radical (unpaired) electrons. The van der Waals surface area contributed by atoms with E-state index in [0.717, 1.165) is 40.3 Å². The van der Waals surface area contributed by atoms with Gasteiger partial charge in [-0.15, -0.1) is 0 Å². The Balaban J connectivity index is 1.69. The number of benzene rings is 4. The van der Waals surface area contributed by atoms with Gasteiger partial charge in [0, 0.05) is 17.8 Å². The Labute approximate surface area is 213 Å². The van der Waals surface area contributed by atoms with Crippen molar-refractivity contribution >= 4 is 18.0 Å². The van der Waals surface area contributed by atoms with Crippen LogP contribution in [0.1, 0.15) is 38.2 Å². The highest BCUT2D eigenvalue weighted by Crippen LogP contribution is 2.38. The zero-order valence-electron chi connectivity index (χ0n) is 20.2. The summed E-state index contributed by atoms with van der Waals surface area (Å²) in [6.07, 6.45) is -1.83. The molecule has 0 bridgehead atoms. The fourth-order valence-corrected chi connectivity index (χ4v) is 5.02. The van der Waals surface area contributed by atoms with Crippen LogP contribution in [0.15, 0.2) is 96.0 Å². The van der Waals surface area contributed by atoms with E-state index in [4.69, 9.17) is 0 Å². The number of carbonyl (C=O) groups is 1. The second-order valence-corrected chi connectivity index (χ2v) is 9.24. The highest BCUT2D eigenvalue weighted by atomic mass is 19.4. The summed E-state index contributed by atoms with van der Waals surface area (Å²) in [6, 6.07) is 27.3. The van der Waals surface area contributed by atoms with Crippen LogP contribution in [0, 0.1) is 6.92 Å². The molecule has 0 spiro atoms. The monoisotopic (exact) mass is 498 g/mol. The number of aldehydes is 1. The van der Waals surface area contributed by atoms with Crippen LogP contribution in [0.5, 0.6) is 0 Å². The molecule has 6 heteroatoms. The average molecular weight is 499 g/mol. The van der Waals surface area contributed by atoms with E-state index >= 15 is 0 Å². The Kier molecular flexibility index (Phi) is 6.42. The van der Waals surface area contributed by atoms with Gasteiger partial charge in [-0.1, -0.05) is 84.9 Å². The van der Waals surface area contributed by atoms with Crippen molar-refractivity contribution in [1.82, 2.24) is 0 Å². The highest BCUT2D eigenvalue weighted by molar-refractivity contribution is 5.75. The number of halogens is 3. The first-order chi connectivity index (χ1) is 17.8. The molecule has 3 nitrogen and oxygen atoms in total. The van der Waals surface area contributed by atoms with E-state index in [1.54, 1.807) is 18.2 Å². The molecule has 0 saturated carbocycles. The molecule has 1 unspecified atom stereocenters. The molecule has 0 fully saturated rings. The van der Waals surface area contributed by atoms with Crippen molar-refractivity contribution in [3.05, 3.63) is 135 Å². The van der Waals surface area contributed by atoms with Crippen molar-refractivity contribution in [2.45, 2.75) is 25.1 Å². The predicted molar refractivity (Wildman–Crippen MR) is 139 cm³/mol. The third-order valence-corrected chi connectivity index (χ3v) is 6.94. The second-order valence-electron chi connectivity index (χ2n) is 9.24. The highest BCUT2D eigenvalue weighted by Gasteiger charge is 2.38. The summed E-state index contributed by atoms with van der Waals surface area (Å²) in [5.41, 5.74) is 3.91. The number of alkyl halides is 3. The summed E-state index contributed by atoms with van der Waals surface area (Å²) in [7, 11) is 0. The van der Waals surface area contributed by atoms with Gasteiger partial charge < -0.3 is 5.32 Å². The van der Waals surface area contributed by atoms with Crippen molar-refractivity contribution in [3.8, 4) is 0 Å². The van der Waals surface area contributed by atoms with Gasteiger partial charge in [0.15, 0.2) is 0 Å². The van der Waals surface area contributed by atoms with E-state index in [1.807, 2.05) is 73.7 Å². The van der Waals surface area contributed by atoms with E-state index in [0.29, 0.717) is 17.3 Å². The molecular weight excluding hydrogens is 473 g/mol. The summed E-state index contributed by atoms with van der Waals surface area (Å²) in [4.78, 5) is 15.8. The molecule has 5 rings (SSSR count). The van der Waals surface area contributed by atoms with Crippen LogP contribution in [-0.2, 0) is 18.1 Å². The van der Waals surface area contributed by atoms with E-state index in [-0.39, 0.29) is 11.9 Å². The minimum atomic E-state index is -4.50. The van der Waals surface area contributed by atoms with Gasteiger partial charge in [0.05, 0.1) is 22.9 Å². The second kappa shape index (κ2) is 9.69. The average Bonchev–Trinajstić information content (AvgIpc) is 2.91. The molecule has 1 N–H and O–H groups in total. The number of hydrogen-bond donors (Lipinski definition) is 1. The smallest absolute Gasteiger partial charge is 0.381 e. The SMILES string of the molecule is Cc1ccccc1NCc1ccccc1C1(c2ccc(C=O)cc2)C=c2cccc(C(F)(F)F)c2=NC1. The molecule has 0 saturated heterocycles. The zero-order chi connectivity index (χ0) is 26.0. The number of rotatable bonds is 6. The summed E-state index contributed by atoms with van der Waals surface area (Å²) in [6.45, 7) is 2.67. The van der Waals surface area contributed by atoms with E-state index < -0.39 is 17.2 Å². The van der Waals surface area contributed by atoms with Crippen LogP contribution in [0.4, 0.5) is 18.9 Å². The van der Waals surface area contributed by atoms with Gasteiger partial charge in [0.2, 0.25) is 0 Å². The van der Waals surface area contributed by atoms with Gasteiger partial charge in [-0.2, -0.15) is 13.2 Å². The Hall–Kier alpha value is -4.19. The Bertz CT molecular complexity index is 1580. The standard InChI is InChI=1S/C31H25F3N2O/c1-21-7-2-5-12-28(21)35-18-24-8-3-4-10-26(24)30(25-15-13-22(19-37)14-16-25)17-23-9-6-11-27(31(32,33)34)29(23)36-20-30/h2-17,19,35H,18,20H2,1H3. The van der Waals surface area contributed by atoms with Gasteiger partial charge in [-0.05, 0) is 46.5 Å². The quantitative estimate of drug-likeness (QED) is 0.340. The number of nitrogens with zero attached hydrogens (tertiary/aromatic N) is 1. The van der Waals surface area contributed by atoms with Crippen LogP contribution >= 0.6 is 0 Å². The number of nitrogens with one attached hydrogen (secondary N) is 1. The molecule has 1 aliphatic rings. The topological polar surface area (TPSA) is 41.5 Å². The third kappa shape index (κ3) is 4.67. The molecule has 4 aromatic rings. The summed E-state index contributed by atoms with van der Waals surface area (Å²) < 4.78 is 41.2. The maximum Gasteiger partial charge on any atom is 0.418 e. The lowest BCUT2D eigenvalue weighted by molar-refractivity contribution is -0.138. The fourth-order valence-electron chi connectivity index (χ4n) is 5.02. The number of carbonyl (C=O) groups excluding carboxylic acids is 1. The number of fused-ring (bicyclic) bond motifs is 1. The number of para-hydroxylation sites is 2. The van der Waals surface area contributed by atoms with Crippen LogP contribution < -0.4 is 15.9 Å². The van der Waals surface area contributed by atoms with Gasteiger partial charge in [0.1, 0.15) is 6.29 Å². The van der Waals surface area contributed by atoms with Gasteiger partial charge >= 0.3 is 6.18 Å². The minimum absolute atomic E-state index is 0.0364. The first-order valence-electron chi connectivity index (χ1n) is 12.0. The Morgan fingerprint density at radius 3 is 2.38 bits per heavy atom. The van der Waals surface area contributed by atoms with Crippen molar-refractivity contribution in [3.63, 3.8) is 0 Å². The van der Waals surface area contributed by atoms with Gasteiger partial charge in [-0.3, -0.25) is 9.79 Å². The summed E-state index contributed by atoms with van der Waals surface area (Å²) in [5, 5.41) is 3.90. The first kappa shape index (κ1) is 24.5. The van der Waals surface area contributed by atoms with Crippen molar-refractivity contribution in [2.75, 3.05) is 11.9 Å². The van der Waals surface area contributed by atoms with Crippen molar-refractivity contribution in [2.24, 2.45) is 4.99 Å². The number of hydrogen-bond acceptors (Lipinski definition) is 3. The zero-order valence-corrected chi connectivity index (χ0v) is 20.2. The molecule has 186 valence electrons. The van der Waals surface area contributed by atoms with Crippen LogP contribution in [0.2, 0.25) is 0 Å². The molecule has 1 heterocycles. The molecule has 1 aliphatic heterocycles. The molecule has 0 aliphatic carbocycles. The van der Waals surface area contributed by atoms with Gasteiger partial charge in [0.25, 0.3) is 0 Å². The minimum Gasteiger partial charge on any atom is -0.381 e. The lowest BCUT2D eigenvalue weighted by Gasteiger charge is -2.34. The van der Waals surface area contributed by atoms with Gasteiger partial charge in [-0.25, -0.2) is 0 Å². The lowest BCUT2D eigenvalue weighted by atomic mass is 9.71. The lowest BCUT2D eigenvalue weighted by Crippen LogP contribution is -2.44. The van der Waals surface area contributed by atoms with E-state index in [9.17, 15) is 18.0 Å². The summed E-state index contributed by atoms with van der Waals surface area (Å²) >= 11 is 0. The predicted octanol–water partition coefficient (Wildman–Crippen LogP) is 5.84. The molecule has 0 aromatic heterocycles. The fraction of sp³-hybridized carbons (Fsp3) is 0.161. The number of anilines is 1. The van der Waals surface area contributed by atoms with Crippen molar-refractivity contribution in [1.29, 1.82) is 0 Å². The van der Waals surface area contributed by atoms with Crippen molar-refractivity contribution < 1.29 is 18.0 Å². The van der Waals surface area contributed by atoms with Crippen LogP contribution in [0.25, 0.3) is 6.08 Å². The normalized spacial score (nSPS) is 16.8. The first-order valence-corrected chi connectivity index (χ1v) is 12.0. The Morgan fingerprint density at radius 2 is 1.65 bits per heavy atom. The molecular formula is C31H25F3N2O. The third-order valence-electron chi connectivity index (χ3n) is 6.94. The molecule has 4 aromatic carbocycles. The number of aryl methyl sites for hydroxylation is 1. The maximum absolute atomic E-state index is 13.7. The van der Waals surface area contributed by atoms with Crippen LogP contribution in [0.3, 0.4) is 0 Å². The molecule has 0 amide bonds. The molecule has 1 atom stereocenters. The maximum atomic E-state index is 13.7. The Morgan fingerprint density at radius 1 is 0.919 bits per heavy atom. The van der Waals surface area contributed by atoms with E-state index in [2.05, 4.69) is 10.3 Å². The summed E-state index contributed by atoms with van der Waals surface area (Å²) in [5.74, 6) is 0. The van der Waals surface area contributed by atoms with Crippen LogP contribution in [-0.4, -0.2) is 12.8 Å².